The number of rotatable bonds is 34. The number of ether oxygens (including phenoxy) is 7. The number of pyridine rings is 1. The molecule has 2 atom stereocenters. The van der Waals surface area contributed by atoms with Crippen molar-refractivity contribution in [1.29, 1.82) is 5.26 Å². The second-order valence-corrected chi connectivity index (χ2v) is 22.8. The van der Waals surface area contributed by atoms with Crippen LogP contribution in [0.2, 0.25) is 5.02 Å². The van der Waals surface area contributed by atoms with Gasteiger partial charge in [0.2, 0.25) is 15.9 Å². The molecule has 2 saturated carbocycles. The molecular formula is C58H76ClN9O12S. The molecule has 5 N–H and O–H groups in total. The van der Waals surface area contributed by atoms with Gasteiger partial charge in [0.05, 0.1) is 88.2 Å². The summed E-state index contributed by atoms with van der Waals surface area (Å²) in [5.74, 6) is 1.57. The number of nitrogens with zero attached hydrogens (tertiary/aromatic N) is 4. The smallest absolute Gasteiger partial charge is 0.314 e. The molecule has 3 fully saturated rings. The molecular weight excluding hydrogens is 1080 g/mol. The number of urea groups is 2. The minimum absolute atomic E-state index is 0.00194. The quantitative estimate of drug-likeness (QED) is 0.0346. The second-order valence-electron chi connectivity index (χ2n) is 20.4. The molecule has 23 heteroatoms. The Bertz CT molecular complexity index is 2870. The van der Waals surface area contributed by atoms with E-state index in [0.717, 1.165) is 77.8 Å². The number of hydrogen-bond acceptors (Lipinski definition) is 15. The van der Waals surface area contributed by atoms with Gasteiger partial charge in [0.1, 0.15) is 24.1 Å². The van der Waals surface area contributed by atoms with Crippen molar-refractivity contribution >= 4 is 39.6 Å². The molecule has 21 nitrogen and oxygen atoms in total. The van der Waals surface area contributed by atoms with Crippen molar-refractivity contribution in [2.24, 2.45) is 0 Å². The average molecular weight is 1160 g/mol. The largest absolute Gasteiger partial charge is 0.491 e. The number of unbranched alkanes of at least 4 members (excludes halogenated alkanes) is 1. The molecule has 0 bridgehead atoms. The van der Waals surface area contributed by atoms with Crippen molar-refractivity contribution in [3.05, 3.63) is 106 Å². The van der Waals surface area contributed by atoms with Crippen molar-refractivity contribution in [2.75, 3.05) is 106 Å². The fourth-order valence-corrected chi connectivity index (χ4v) is 11.0. The number of nitriles is 1. The van der Waals surface area contributed by atoms with Crippen LogP contribution in [-0.4, -0.2) is 165 Å². The highest BCUT2D eigenvalue weighted by Crippen LogP contribution is 2.53. The third kappa shape index (κ3) is 18.2. The molecule has 0 unspecified atom stereocenters. The van der Waals surface area contributed by atoms with E-state index in [1.54, 1.807) is 23.2 Å². The predicted molar refractivity (Wildman–Crippen MR) is 302 cm³/mol. The minimum Gasteiger partial charge on any atom is -0.491 e. The Labute approximate surface area is 480 Å². The van der Waals surface area contributed by atoms with Gasteiger partial charge in [-0.25, -0.2) is 22.3 Å². The molecule has 1 saturated heterocycles. The molecule has 4 aromatic rings. The summed E-state index contributed by atoms with van der Waals surface area (Å²) in [6, 6.07) is 21.5. The van der Waals surface area contributed by atoms with Crippen LogP contribution in [-0.2, 0) is 63.7 Å². The van der Waals surface area contributed by atoms with E-state index in [1.807, 2.05) is 48.7 Å². The highest BCUT2D eigenvalue weighted by atomic mass is 35.5. The molecule has 8 rings (SSSR count). The SMILES string of the molecule is CN(CCCCNC(=O)NCCOCCOCCNC(=O)NCCOCCOCCOc1ccc2c(c1)CN[C@H](C(=O)N1CCC[C@H]1C#N)C2)S(=O)(=O)c1ccc(Cl)c(COC2(c3cnccc3-c3ccccc3OC3CC3)CC2)c1. The van der Waals surface area contributed by atoms with Crippen molar-refractivity contribution in [2.45, 2.75) is 99.6 Å². The van der Waals surface area contributed by atoms with Gasteiger partial charge >= 0.3 is 12.1 Å². The lowest BCUT2D eigenvalue weighted by Gasteiger charge is -2.30. The number of carbonyl (C=O) groups excluding carboxylic acids is 3. The van der Waals surface area contributed by atoms with Crippen LogP contribution < -0.4 is 36.1 Å². The predicted octanol–water partition coefficient (Wildman–Crippen LogP) is 5.82. The first kappa shape index (κ1) is 61.0. The number of carbonyl (C=O) groups is 3. The fraction of sp³-hybridized carbons (Fsp3) is 0.534. The number of amides is 5. The van der Waals surface area contributed by atoms with E-state index in [2.05, 4.69) is 43.7 Å². The van der Waals surface area contributed by atoms with Gasteiger partial charge < -0.3 is 64.6 Å². The lowest BCUT2D eigenvalue weighted by atomic mass is 9.94. The summed E-state index contributed by atoms with van der Waals surface area (Å²) in [4.78, 5) is 43.7. The first-order chi connectivity index (χ1) is 39.4. The maximum absolute atomic E-state index is 13.6. The number of fused-ring (bicyclic) bond motifs is 1. The van der Waals surface area contributed by atoms with E-state index in [9.17, 15) is 28.1 Å². The van der Waals surface area contributed by atoms with E-state index in [-0.39, 0.29) is 60.8 Å². The first-order valence-electron chi connectivity index (χ1n) is 28.1. The molecule has 3 aromatic carbocycles. The Morgan fingerprint density at radius 2 is 1.48 bits per heavy atom. The topological polar surface area (TPSA) is 253 Å². The number of para-hydroxylation sites is 1. The molecule has 2 aliphatic carbocycles. The zero-order valence-electron chi connectivity index (χ0n) is 46.1. The molecule has 81 heavy (non-hydrogen) atoms. The monoisotopic (exact) mass is 1160 g/mol. The van der Waals surface area contributed by atoms with Crippen LogP contribution in [0, 0.1) is 11.3 Å². The number of halogens is 1. The summed E-state index contributed by atoms with van der Waals surface area (Å²) in [6.07, 6.45) is 10.8. The molecule has 438 valence electrons. The lowest BCUT2D eigenvalue weighted by Crippen LogP contribution is -2.50. The zero-order valence-corrected chi connectivity index (χ0v) is 47.7. The molecule has 0 spiro atoms. The van der Waals surface area contributed by atoms with E-state index in [1.165, 1.54) is 17.4 Å². The molecule has 1 aromatic heterocycles. The van der Waals surface area contributed by atoms with Crippen LogP contribution in [0.5, 0.6) is 11.5 Å². The van der Waals surface area contributed by atoms with Gasteiger partial charge in [-0.2, -0.15) is 5.26 Å². The number of hydrogen-bond donors (Lipinski definition) is 5. The number of sulfonamides is 1. The summed E-state index contributed by atoms with van der Waals surface area (Å²) in [6.45, 7) is 5.91. The number of likely N-dealkylation sites (tertiary alicyclic amines) is 1. The number of nitrogens with one attached hydrogen (secondary N) is 5. The molecule has 0 radical (unpaired) electrons. The highest BCUT2D eigenvalue weighted by molar-refractivity contribution is 7.89. The maximum atomic E-state index is 13.6. The molecule has 2 aliphatic heterocycles. The molecule has 3 heterocycles. The van der Waals surface area contributed by atoms with Gasteiger partial charge in [-0.3, -0.25) is 9.78 Å². The standard InChI is InChI=1S/C58H76ClN9O12S/c1-67(81(72,73)48-14-15-52(59)44(36-48)41-79-58(17-18-58)51-40-61-20-16-49(51)50-8-2-3-9-54(50)80-46-12-13-46)24-5-4-19-62-56(70)63-21-26-74-29-30-75-27-22-64-57(71)65-23-28-76-31-32-77-33-34-78-47-11-10-42-37-53(66-39-43(42)35-47)55(69)68-25-6-7-45(68)38-60/h2-3,8-11,14-16,20,35-36,40,45-46,53,66H,4-7,12-13,17-19,21-34,37,39,41H2,1H3,(H2,62,63,70)(H2,64,65,71)/t45-,53-/m0/s1. The molecule has 4 aliphatic rings. The Kier molecular flexibility index (Phi) is 23.2. The van der Waals surface area contributed by atoms with Crippen molar-refractivity contribution in [3.8, 4) is 28.7 Å². The normalized spacial score (nSPS) is 17.2. The zero-order chi connectivity index (χ0) is 56.9. The van der Waals surface area contributed by atoms with Crippen LogP contribution in [0.4, 0.5) is 9.59 Å². The van der Waals surface area contributed by atoms with Crippen LogP contribution in [0.25, 0.3) is 11.1 Å². The summed E-state index contributed by atoms with van der Waals surface area (Å²) in [5.41, 5.74) is 5.13. The van der Waals surface area contributed by atoms with Crippen molar-refractivity contribution in [1.82, 2.24) is 40.8 Å². The van der Waals surface area contributed by atoms with E-state index < -0.39 is 15.6 Å². The average Bonchev–Trinajstić information content (AvgIpc) is 4.62. The Morgan fingerprint density at radius 1 is 0.802 bits per heavy atom. The van der Waals surface area contributed by atoms with E-state index in [4.69, 9.17) is 44.8 Å². The maximum Gasteiger partial charge on any atom is 0.314 e. The van der Waals surface area contributed by atoms with Gasteiger partial charge in [-0.05, 0) is 123 Å². The third-order valence-electron chi connectivity index (χ3n) is 14.4. The summed E-state index contributed by atoms with van der Waals surface area (Å²) >= 11 is 6.61. The Morgan fingerprint density at radius 3 is 2.17 bits per heavy atom. The fourth-order valence-electron chi connectivity index (χ4n) is 9.57. The van der Waals surface area contributed by atoms with Crippen LogP contribution in [0.1, 0.15) is 73.6 Å². The Balaban J connectivity index is 0.585. The number of aromatic nitrogens is 1. The Hall–Kier alpha value is -6.13. The minimum atomic E-state index is -3.84. The van der Waals surface area contributed by atoms with Gasteiger partial charge in [-0.15, -0.1) is 0 Å². The highest BCUT2D eigenvalue weighted by Gasteiger charge is 2.48. The summed E-state index contributed by atoms with van der Waals surface area (Å²) in [5, 5.41) is 24.1. The van der Waals surface area contributed by atoms with Crippen LogP contribution >= 0.6 is 11.6 Å². The van der Waals surface area contributed by atoms with Gasteiger partial charge in [0.15, 0.2) is 0 Å². The molecule has 5 amide bonds. The summed E-state index contributed by atoms with van der Waals surface area (Å²) < 4.78 is 69.5. The third-order valence-corrected chi connectivity index (χ3v) is 16.6. The second kappa shape index (κ2) is 30.8. The van der Waals surface area contributed by atoms with Crippen molar-refractivity contribution in [3.63, 3.8) is 0 Å². The van der Waals surface area contributed by atoms with Gasteiger partial charge in [0.25, 0.3) is 0 Å². The van der Waals surface area contributed by atoms with Crippen LogP contribution in [0.15, 0.2) is 84.0 Å². The van der Waals surface area contributed by atoms with Gasteiger partial charge in [0, 0.05) is 81.4 Å². The van der Waals surface area contributed by atoms with Crippen LogP contribution in [0.3, 0.4) is 0 Å². The van der Waals surface area contributed by atoms with E-state index in [0.29, 0.717) is 122 Å². The summed E-state index contributed by atoms with van der Waals surface area (Å²) in [7, 11) is -2.30. The van der Waals surface area contributed by atoms with E-state index >= 15 is 0 Å². The number of benzene rings is 3. The lowest BCUT2D eigenvalue weighted by molar-refractivity contribution is -0.133. The van der Waals surface area contributed by atoms with Crippen molar-refractivity contribution < 1.29 is 56.0 Å². The first-order valence-corrected chi connectivity index (χ1v) is 29.9. The van der Waals surface area contributed by atoms with Gasteiger partial charge in [-0.1, -0.05) is 35.9 Å².